The van der Waals surface area contributed by atoms with Crippen molar-refractivity contribution in [1.82, 2.24) is 9.88 Å². The summed E-state index contributed by atoms with van der Waals surface area (Å²) in [7, 11) is 0. The van der Waals surface area contributed by atoms with Crippen LogP contribution in [0.15, 0.2) is 48.5 Å². The van der Waals surface area contributed by atoms with E-state index in [-0.39, 0.29) is 6.10 Å². The zero-order chi connectivity index (χ0) is 20.9. The molecule has 1 aliphatic rings. The van der Waals surface area contributed by atoms with E-state index in [2.05, 4.69) is 48.2 Å². The van der Waals surface area contributed by atoms with Crippen molar-refractivity contribution in [2.45, 2.75) is 46.4 Å². The first-order valence-electron chi connectivity index (χ1n) is 10.9. The van der Waals surface area contributed by atoms with Crippen molar-refractivity contribution in [1.29, 1.82) is 0 Å². The minimum Gasteiger partial charge on any atom is -0.493 e. The van der Waals surface area contributed by atoms with Crippen LogP contribution in [0.5, 0.6) is 17.4 Å². The molecule has 0 radical (unpaired) electrons. The standard InChI is InChI=1S/C25H30N2O3/c1-4-20-17-27(15-18-10-8-7-9-11-18)16-19-14-21-22(28-5-2)12-13-23(29-6-3)24(21)26-25(19)30-20/h7-14,20H,4-6,15-17H2,1-3H3/t20-/m1/s1. The second-order valence-electron chi connectivity index (χ2n) is 7.58. The molecule has 0 aliphatic carbocycles. The van der Waals surface area contributed by atoms with Gasteiger partial charge < -0.3 is 14.2 Å². The zero-order valence-corrected chi connectivity index (χ0v) is 18.1. The molecule has 5 nitrogen and oxygen atoms in total. The summed E-state index contributed by atoms with van der Waals surface area (Å²) in [6, 6.07) is 16.7. The maximum Gasteiger partial charge on any atom is 0.218 e. The zero-order valence-electron chi connectivity index (χ0n) is 18.1. The Labute approximate surface area is 178 Å². The Kier molecular flexibility index (Phi) is 6.38. The summed E-state index contributed by atoms with van der Waals surface area (Å²) in [5.41, 5.74) is 3.19. The Bertz CT molecular complexity index is 991. The predicted octanol–water partition coefficient (Wildman–Crippen LogP) is 5.21. The molecule has 2 heterocycles. The van der Waals surface area contributed by atoms with Crippen LogP contribution in [0.1, 0.15) is 38.3 Å². The second-order valence-corrected chi connectivity index (χ2v) is 7.58. The minimum atomic E-state index is 0.102. The van der Waals surface area contributed by atoms with Crippen molar-refractivity contribution < 1.29 is 14.2 Å². The lowest BCUT2D eigenvalue weighted by molar-refractivity contribution is 0.136. The molecule has 5 heteroatoms. The van der Waals surface area contributed by atoms with Gasteiger partial charge in [0.15, 0.2) is 0 Å². The Morgan fingerprint density at radius 2 is 1.73 bits per heavy atom. The fourth-order valence-electron chi connectivity index (χ4n) is 3.97. The van der Waals surface area contributed by atoms with E-state index in [9.17, 15) is 0 Å². The van der Waals surface area contributed by atoms with Gasteiger partial charge in [-0.15, -0.1) is 0 Å². The molecule has 158 valence electrons. The minimum absolute atomic E-state index is 0.102. The van der Waals surface area contributed by atoms with E-state index in [4.69, 9.17) is 19.2 Å². The topological polar surface area (TPSA) is 43.8 Å². The number of hydrogen-bond acceptors (Lipinski definition) is 5. The molecule has 30 heavy (non-hydrogen) atoms. The van der Waals surface area contributed by atoms with E-state index in [0.29, 0.717) is 19.1 Å². The summed E-state index contributed by atoms with van der Waals surface area (Å²) in [5.74, 6) is 2.30. The van der Waals surface area contributed by atoms with Crippen LogP contribution >= 0.6 is 0 Å². The van der Waals surface area contributed by atoms with Gasteiger partial charge in [-0.1, -0.05) is 37.3 Å². The van der Waals surface area contributed by atoms with Crippen LogP contribution in [-0.2, 0) is 13.1 Å². The number of pyridine rings is 1. The molecule has 0 bridgehead atoms. The van der Waals surface area contributed by atoms with E-state index in [1.807, 2.05) is 26.0 Å². The van der Waals surface area contributed by atoms with Crippen molar-refractivity contribution in [2.75, 3.05) is 19.8 Å². The average Bonchev–Trinajstić information content (AvgIpc) is 2.93. The number of nitrogens with zero attached hydrogens (tertiary/aromatic N) is 2. The number of hydrogen-bond donors (Lipinski definition) is 0. The third-order valence-corrected chi connectivity index (χ3v) is 5.38. The van der Waals surface area contributed by atoms with Crippen molar-refractivity contribution >= 4 is 10.9 Å². The summed E-state index contributed by atoms with van der Waals surface area (Å²) in [5, 5.41) is 0.972. The lowest BCUT2D eigenvalue weighted by Gasteiger charge is -2.23. The van der Waals surface area contributed by atoms with Crippen molar-refractivity contribution in [2.24, 2.45) is 0 Å². The highest BCUT2D eigenvalue weighted by molar-refractivity contribution is 5.91. The molecule has 4 rings (SSSR count). The van der Waals surface area contributed by atoms with Gasteiger partial charge in [-0.05, 0) is 44.0 Å². The van der Waals surface area contributed by atoms with Crippen LogP contribution in [0.4, 0.5) is 0 Å². The average molecular weight is 407 g/mol. The maximum atomic E-state index is 6.37. The monoisotopic (exact) mass is 406 g/mol. The van der Waals surface area contributed by atoms with Gasteiger partial charge >= 0.3 is 0 Å². The molecule has 1 aliphatic heterocycles. The third-order valence-electron chi connectivity index (χ3n) is 5.38. The van der Waals surface area contributed by atoms with Crippen LogP contribution in [0.25, 0.3) is 10.9 Å². The summed E-state index contributed by atoms with van der Waals surface area (Å²) in [4.78, 5) is 7.36. The van der Waals surface area contributed by atoms with E-state index in [1.165, 1.54) is 5.56 Å². The molecule has 0 fully saturated rings. The highest BCUT2D eigenvalue weighted by Gasteiger charge is 2.25. The van der Waals surface area contributed by atoms with E-state index < -0.39 is 0 Å². The van der Waals surface area contributed by atoms with E-state index >= 15 is 0 Å². The number of fused-ring (bicyclic) bond motifs is 2. The number of aromatic nitrogens is 1. The molecule has 2 aromatic carbocycles. The first-order valence-corrected chi connectivity index (χ1v) is 10.9. The first-order chi connectivity index (χ1) is 14.7. The Morgan fingerprint density at radius 3 is 2.47 bits per heavy atom. The van der Waals surface area contributed by atoms with Gasteiger partial charge in [0.1, 0.15) is 23.1 Å². The van der Waals surface area contributed by atoms with Crippen LogP contribution in [-0.4, -0.2) is 35.7 Å². The van der Waals surface area contributed by atoms with Crippen molar-refractivity contribution in [3.63, 3.8) is 0 Å². The number of benzene rings is 2. The van der Waals surface area contributed by atoms with Gasteiger partial charge in [-0.3, -0.25) is 4.90 Å². The fourth-order valence-corrected chi connectivity index (χ4v) is 3.97. The molecule has 0 amide bonds. The first kappa shape index (κ1) is 20.5. The smallest absolute Gasteiger partial charge is 0.218 e. The van der Waals surface area contributed by atoms with Gasteiger partial charge in [-0.25, -0.2) is 4.98 Å². The third kappa shape index (κ3) is 4.36. The molecule has 0 unspecified atom stereocenters. The van der Waals surface area contributed by atoms with Crippen molar-refractivity contribution in [3.8, 4) is 17.4 Å². The molecule has 0 saturated carbocycles. The van der Waals surface area contributed by atoms with Crippen LogP contribution in [0.3, 0.4) is 0 Å². The highest BCUT2D eigenvalue weighted by atomic mass is 16.5. The molecule has 1 atom stereocenters. The van der Waals surface area contributed by atoms with E-state index in [0.717, 1.165) is 54.0 Å². The van der Waals surface area contributed by atoms with E-state index in [1.54, 1.807) is 0 Å². The molecule has 0 saturated heterocycles. The van der Waals surface area contributed by atoms with Crippen LogP contribution < -0.4 is 14.2 Å². The van der Waals surface area contributed by atoms with Crippen molar-refractivity contribution in [3.05, 3.63) is 59.7 Å². The van der Waals surface area contributed by atoms with Gasteiger partial charge in [0.2, 0.25) is 5.88 Å². The number of rotatable bonds is 7. The fraction of sp³-hybridized carbons (Fsp3) is 0.400. The quantitative estimate of drug-likeness (QED) is 0.539. The van der Waals surface area contributed by atoms with Gasteiger partial charge in [0.25, 0.3) is 0 Å². The SMILES string of the molecule is CCOc1ccc(OCC)c2nc3c(cc12)CN(Cc1ccccc1)C[C@@H](CC)O3. The Balaban J connectivity index is 1.76. The normalized spacial score (nSPS) is 16.6. The van der Waals surface area contributed by atoms with Crippen LogP contribution in [0, 0.1) is 0 Å². The molecule has 0 N–H and O–H groups in total. The van der Waals surface area contributed by atoms with Gasteiger partial charge in [0, 0.05) is 30.6 Å². The number of ether oxygens (including phenoxy) is 3. The summed E-state index contributed by atoms with van der Waals surface area (Å²) in [6.07, 6.45) is 1.03. The molecule has 0 spiro atoms. The molecule has 1 aromatic heterocycles. The molecule has 3 aromatic rings. The lowest BCUT2D eigenvalue weighted by atomic mass is 10.1. The Hall–Kier alpha value is -2.79. The maximum absolute atomic E-state index is 6.37. The molecular weight excluding hydrogens is 376 g/mol. The summed E-state index contributed by atoms with van der Waals surface area (Å²) in [6.45, 7) is 9.88. The van der Waals surface area contributed by atoms with Crippen LogP contribution in [0.2, 0.25) is 0 Å². The highest BCUT2D eigenvalue weighted by Crippen LogP contribution is 2.37. The summed E-state index contributed by atoms with van der Waals surface area (Å²) < 4.78 is 18.1. The Morgan fingerprint density at radius 1 is 1.00 bits per heavy atom. The summed E-state index contributed by atoms with van der Waals surface area (Å²) >= 11 is 0. The second kappa shape index (κ2) is 9.35. The lowest BCUT2D eigenvalue weighted by Crippen LogP contribution is -2.32. The largest absolute Gasteiger partial charge is 0.493 e. The molecular formula is C25H30N2O3. The predicted molar refractivity (Wildman–Crippen MR) is 119 cm³/mol. The van der Waals surface area contributed by atoms with Gasteiger partial charge in [0.05, 0.1) is 13.2 Å². The van der Waals surface area contributed by atoms with Gasteiger partial charge in [-0.2, -0.15) is 0 Å².